The van der Waals surface area contributed by atoms with Gasteiger partial charge in [-0.3, -0.25) is 0 Å². The molecule has 1 atom stereocenters. The quantitative estimate of drug-likeness (QED) is 0.260. The number of ether oxygens (including phenoxy) is 2. The maximum atomic E-state index is 10.4. The number of nitrogens with zero attached hydrogens (tertiary/aromatic N) is 1. The topological polar surface area (TPSA) is 47.9 Å². The first-order valence-corrected chi connectivity index (χ1v) is 4.99. The normalized spacial score (nSPS) is 12.8. The van der Waals surface area contributed by atoms with Gasteiger partial charge < -0.3 is 9.47 Å². The van der Waals surface area contributed by atoms with E-state index in [0.717, 1.165) is 6.42 Å². The van der Waals surface area contributed by atoms with Gasteiger partial charge in [-0.15, -0.1) is 0 Å². The number of rotatable bonds is 7. The van der Waals surface area contributed by atoms with Gasteiger partial charge in [-0.25, -0.2) is 4.21 Å². The lowest BCUT2D eigenvalue weighted by Crippen LogP contribution is -1.97. The zero-order valence-corrected chi connectivity index (χ0v) is 7.88. The molecule has 12 heavy (non-hydrogen) atoms. The fraction of sp³-hybridized carbons (Fsp3) is 0.571. The van der Waals surface area contributed by atoms with Crippen molar-refractivity contribution in [2.75, 3.05) is 19.5 Å². The molecule has 0 amide bonds. The molecule has 0 radical (unpaired) electrons. The molecule has 0 N–H and O–H groups in total. The van der Waals surface area contributed by atoms with Crippen LogP contribution >= 0.6 is 0 Å². The summed E-state index contributed by atoms with van der Waals surface area (Å²) in [5.74, 6) is 0. The van der Waals surface area contributed by atoms with Gasteiger partial charge in [-0.05, 0) is 0 Å². The summed E-state index contributed by atoms with van der Waals surface area (Å²) in [5, 5.41) is 0. The Bertz CT molecular complexity index is 170. The minimum atomic E-state index is -1.18. The molecule has 0 fully saturated rings. The summed E-state index contributed by atoms with van der Waals surface area (Å²) in [7, 11) is -1.18. The van der Waals surface area contributed by atoms with E-state index in [9.17, 15) is 4.21 Å². The van der Waals surface area contributed by atoms with Gasteiger partial charge in [0.2, 0.25) is 0 Å². The van der Waals surface area contributed by atoms with Gasteiger partial charge in [0.05, 0.1) is 19.5 Å². The Morgan fingerprint density at radius 3 is 2.75 bits per heavy atom. The van der Waals surface area contributed by atoms with Gasteiger partial charge in [0.25, 0.3) is 0 Å². The van der Waals surface area contributed by atoms with Crippen molar-refractivity contribution in [3.63, 3.8) is 0 Å². The van der Waals surface area contributed by atoms with Crippen LogP contribution in [0.5, 0.6) is 0 Å². The van der Waals surface area contributed by atoms with Crippen molar-refractivity contribution in [1.82, 2.24) is 0 Å². The molecule has 0 aromatic heterocycles. The fourth-order valence-electron chi connectivity index (χ4n) is 0.453. The van der Waals surface area contributed by atoms with Crippen molar-refractivity contribution in [2.45, 2.75) is 6.42 Å². The zero-order valence-electron chi connectivity index (χ0n) is 7.06. The molecule has 4 nitrogen and oxygen atoms in total. The molecule has 1 unspecified atom stereocenters. The largest absolute Gasteiger partial charge is 0.502 e. The first-order chi connectivity index (χ1) is 5.77. The highest BCUT2D eigenvalue weighted by atomic mass is 32.2. The molecule has 70 valence electrons. The van der Waals surface area contributed by atoms with E-state index in [1.807, 2.05) is 0 Å². The molecular weight excluding hydrogens is 178 g/mol. The Labute approximate surface area is 74.9 Å². The van der Waals surface area contributed by atoms with E-state index < -0.39 is 11.0 Å². The van der Waals surface area contributed by atoms with Crippen LogP contribution in [-0.2, 0) is 20.5 Å². The van der Waals surface area contributed by atoms with Crippen LogP contribution < -0.4 is 0 Å². The highest BCUT2D eigenvalue weighted by Gasteiger charge is 1.85. The first-order valence-electron chi connectivity index (χ1n) is 3.47. The number of hydrogen-bond donors (Lipinski definition) is 0. The van der Waals surface area contributed by atoms with Crippen LogP contribution in [0.25, 0.3) is 0 Å². The van der Waals surface area contributed by atoms with Gasteiger partial charge in [0.1, 0.15) is 11.0 Å². The third kappa shape index (κ3) is 9.16. The monoisotopic (exact) mass is 191 g/mol. The highest BCUT2D eigenvalue weighted by molar-refractivity contribution is 7.83. The van der Waals surface area contributed by atoms with E-state index in [-0.39, 0.29) is 0 Å². The summed E-state index contributed by atoms with van der Waals surface area (Å²) >= 11 is 0. The molecule has 0 aromatic rings. The van der Waals surface area contributed by atoms with Crippen LogP contribution in [0.3, 0.4) is 0 Å². The molecule has 0 aliphatic heterocycles. The molecule has 0 bridgehead atoms. The van der Waals surface area contributed by atoms with Gasteiger partial charge >= 0.3 is 0 Å². The van der Waals surface area contributed by atoms with Crippen LogP contribution in [0.4, 0.5) is 0 Å². The van der Waals surface area contributed by atoms with E-state index >= 15 is 0 Å². The van der Waals surface area contributed by atoms with Gasteiger partial charge in [0, 0.05) is 12.7 Å². The molecular formula is C7H13NO3S. The van der Waals surface area contributed by atoms with Crippen molar-refractivity contribution < 1.29 is 13.7 Å². The average Bonchev–Trinajstić information content (AvgIpc) is 2.02. The van der Waals surface area contributed by atoms with Crippen LogP contribution in [0.15, 0.2) is 17.2 Å². The smallest absolute Gasteiger partial charge is 0.183 e. The lowest BCUT2D eigenvalue weighted by atomic mass is 10.5. The molecule has 0 spiro atoms. The summed E-state index contributed by atoms with van der Waals surface area (Å²) < 4.78 is 23.6. The zero-order chi connectivity index (χ0) is 9.23. The maximum Gasteiger partial charge on any atom is 0.183 e. The summed E-state index contributed by atoms with van der Waals surface area (Å²) in [6.45, 7) is 4.47. The van der Waals surface area contributed by atoms with Gasteiger partial charge in [0.15, 0.2) is 6.40 Å². The van der Waals surface area contributed by atoms with Crippen molar-refractivity contribution in [3.8, 4) is 0 Å². The molecule has 0 saturated carbocycles. The van der Waals surface area contributed by atoms with E-state index in [4.69, 9.17) is 9.47 Å². The predicted molar refractivity (Wildman–Crippen MR) is 49.3 cm³/mol. The minimum Gasteiger partial charge on any atom is -0.502 e. The van der Waals surface area contributed by atoms with Crippen molar-refractivity contribution in [2.24, 2.45) is 4.40 Å². The standard InChI is InChI=1S/C7H13NO3S/c1-3-10-5-4-6-11-7-8-12(2)9/h3,7H,1,4-6H2,2H3. The summed E-state index contributed by atoms with van der Waals surface area (Å²) in [6.07, 6.45) is 4.81. The molecule has 0 aromatic carbocycles. The average molecular weight is 191 g/mol. The Kier molecular flexibility index (Phi) is 7.68. The molecule has 0 heterocycles. The second-order valence-electron chi connectivity index (χ2n) is 1.90. The van der Waals surface area contributed by atoms with E-state index in [0.29, 0.717) is 13.2 Å². The van der Waals surface area contributed by atoms with E-state index in [2.05, 4.69) is 11.0 Å². The number of hydrogen-bond acceptors (Lipinski definition) is 3. The maximum absolute atomic E-state index is 10.4. The SMILES string of the molecule is C=COCCCOC=NS(C)=O. The highest BCUT2D eigenvalue weighted by Crippen LogP contribution is 1.84. The van der Waals surface area contributed by atoms with Crippen molar-refractivity contribution >= 4 is 17.4 Å². The lowest BCUT2D eigenvalue weighted by molar-refractivity contribution is 0.209. The van der Waals surface area contributed by atoms with E-state index in [1.165, 1.54) is 18.9 Å². The molecule has 0 aliphatic rings. The third-order valence-electron chi connectivity index (χ3n) is 0.908. The van der Waals surface area contributed by atoms with Gasteiger partial charge in [-0.2, -0.15) is 4.40 Å². The van der Waals surface area contributed by atoms with Gasteiger partial charge in [-0.1, -0.05) is 6.58 Å². The summed E-state index contributed by atoms with van der Waals surface area (Å²) in [4.78, 5) is 0. The van der Waals surface area contributed by atoms with Crippen LogP contribution in [0, 0.1) is 0 Å². The van der Waals surface area contributed by atoms with Crippen molar-refractivity contribution in [1.29, 1.82) is 0 Å². The summed E-state index contributed by atoms with van der Waals surface area (Å²) in [5.41, 5.74) is 0. The third-order valence-corrected chi connectivity index (χ3v) is 1.29. The Morgan fingerprint density at radius 1 is 1.50 bits per heavy atom. The minimum absolute atomic E-state index is 0.508. The molecule has 0 saturated heterocycles. The Balaban J connectivity index is 3.10. The van der Waals surface area contributed by atoms with E-state index in [1.54, 1.807) is 0 Å². The summed E-state index contributed by atoms with van der Waals surface area (Å²) in [6, 6.07) is 0. The molecule has 0 rings (SSSR count). The molecule has 5 heteroatoms. The fourth-order valence-corrected chi connectivity index (χ4v) is 0.635. The Morgan fingerprint density at radius 2 is 2.17 bits per heavy atom. The van der Waals surface area contributed by atoms with Crippen molar-refractivity contribution in [3.05, 3.63) is 12.8 Å². The molecule has 0 aliphatic carbocycles. The first kappa shape index (κ1) is 11.2. The second-order valence-corrected chi connectivity index (χ2v) is 2.95. The van der Waals surface area contributed by atoms with Crippen LogP contribution in [0.1, 0.15) is 6.42 Å². The van der Waals surface area contributed by atoms with Crippen LogP contribution in [-0.4, -0.2) is 30.1 Å². The predicted octanol–water partition coefficient (Wildman–Crippen LogP) is 0.875. The Hall–Kier alpha value is -0.840. The van der Waals surface area contributed by atoms with Crippen LogP contribution in [0.2, 0.25) is 0 Å². The second kappa shape index (κ2) is 8.26. The lowest BCUT2D eigenvalue weighted by Gasteiger charge is -1.99.